The van der Waals surface area contributed by atoms with Crippen molar-refractivity contribution in [3.63, 3.8) is 0 Å². The summed E-state index contributed by atoms with van der Waals surface area (Å²) < 4.78 is 25.1. The Morgan fingerprint density at radius 2 is 1.80 bits per heavy atom. The van der Waals surface area contributed by atoms with E-state index in [1.165, 1.54) is 6.42 Å². The average Bonchev–Trinajstić information content (AvgIpc) is 3.50. The highest BCUT2D eigenvalue weighted by Gasteiger charge is 2.50. The van der Waals surface area contributed by atoms with Crippen molar-refractivity contribution < 1.29 is 28.2 Å². The van der Waals surface area contributed by atoms with Crippen molar-refractivity contribution in [2.24, 2.45) is 11.8 Å². The molecule has 1 aliphatic heterocycles. The third-order valence-electron chi connectivity index (χ3n) is 5.84. The molecular weight excluding hydrogens is 472 g/mol. The second kappa shape index (κ2) is 11.9. The predicted molar refractivity (Wildman–Crippen MR) is 127 cm³/mol. The van der Waals surface area contributed by atoms with Gasteiger partial charge in [0.2, 0.25) is 15.9 Å². The van der Waals surface area contributed by atoms with E-state index >= 15 is 0 Å². The van der Waals surface area contributed by atoms with Crippen molar-refractivity contribution >= 4 is 21.9 Å². The Hall–Kier alpha value is -3.30. The van der Waals surface area contributed by atoms with Crippen LogP contribution in [-0.2, 0) is 31.9 Å². The number of hydrogen-bond acceptors (Lipinski definition) is 7. The number of sulfonamides is 1. The van der Waals surface area contributed by atoms with Crippen LogP contribution in [0.2, 0.25) is 0 Å². The molecule has 1 saturated heterocycles. The van der Waals surface area contributed by atoms with Crippen molar-refractivity contribution in [2.45, 2.75) is 30.8 Å². The number of fused-ring (bicyclic) bond motifs is 1. The minimum atomic E-state index is -3.78. The number of carbonyl (C=O) groups is 2. The third-order valence-corrected chi connectivity index (χ3v) is 7.20. The number of nitrogens with zero attached hydrogens (tertiary/aromatic N) is 1. The molecular formula is C24H28N4O6S. The van der Waals surface area contributed by atoms with Crippen LogP contribution in [0.5, 0.6) is 0 Å². The molecule has 1 aliphatic carbocycles. The molecule has 0 aromatic heterocycles. The number of benzene rings is 2. The highest BCUT2D eigenvalue weighted by molar-refractivity contribution is 7.88. The Kier molecular flexibility index (Phi) is 8.95. The first-order valence-corrected chi connectivity index (χ1v) is 12.8. The average molecular weight is 501 g/mol. The Morgan fingerprint density at radius 1 is 1.11 bits per heavy atom. The molecule has 1 saturated carbocycles. The number of carboxylic acid groups (broad SMARTS) is 1. The molecule has 0 radical (unpaired) electrons. The first-order valence-electron chi connectivity index (χ1n) is 11.1. The minimum Gasteiger partial charge on any atom is -0.480 e. The van der Waals surface area contributed by atoms with Crippen LogP contribution in [-0.4, -0.2) is 55.7 Å². The number of hydrogen-bond donors (Lipinski definition) is 5. The number of rotatable bonds is 9. The second-order valence-corrected chi connectivity index (χ2v) is 10.3. The van der Waals surface area contributed by atoms with Gasteiger partial charge in [-0.2, -0.15) is 9.98 Å². The minimum absolute atomic E-state index is 0.00776. The maximum absolute atomic E-state index is 12.0. The second-order valence-electron chi connectivity index (χ2n) is 8.51. The van der Waals surface area contributed by atoms with Gasteiger partial charge in [0.15, 0.2) is 0 Å². The summed E-state index contributed by atoms with van der Waals surface area (Å²) >= 11 is 0. The van der Waals surface area contributed by atoms with Gasteiger partial charge in [-0.15, -0.1) is 0 Å². The van der Waals surface area contributed by atoms with Gasteiger partial charge >= 0.3 is 5.97 Å². The Bertz CT molecular complexity index is 1160. The first-order chi connectivity index (χ1) is 16.7. The van der Waals surface area contributed by atoms with Gasteiger partial charge in [-0.05, 0) is 48.1 Å². The van der Waals surface area contributed by atoms with E-state index in [0.717, 1.165) is 18.0 Å². The highest BCUT2D eigenvalue weighted by Crippen LogP contribution is 2.45. The van der Waals surface area contributed by atoms with Gasteiger partial charge in [0.1, 0.15) is 6.04 Å². The fraction of sp³-hybridized carbons (Fsp3) is 0.375. The maximum atomic E-state index is 12.0. The summed E-state index contributed by atoms with van der Waals surface area (Å²) in [5.74, 6) is -0.340. The van der Waals surface area contributed by atoms with Gasteiger partial charge in [0.25, 0.3) is 0 Å². The lowest BCUT2D eigenvalue weighted by Crippen LogP contribution is -2.43. The molecule has 0 spiro atoms. The number of carboxylic acids is 1. The number of carbonyl (C=O) groups excluding carboxylic acids is 1. The summed E-state index contributed by atoms with van der Waals surface area (Å²) in [6, 6.07) is 16.2. The quantitative estimate of drug-likeness (QED) is 0.328. The van der Waals surface area contributed by atoms with Crippen LogP contribution in [0.4, 0.5) is 0 Å². The van der Waals surface area contributed by atoms with Crippen LogP contribution in [0, 0.1) is 23.2 Å². The van der Waals surface area contributed by atoms with E-state index < -0.39 is 28.6 Å². The van der Waals surface area contributed by atoms with Crippen LogP contribution < -0.4 is 15.4 Å². The van der Waals surface area contributed by atoms with Crippen molar-refractivity contribution in [1.82, 2.24) is 15.4 Å². The van der Waals surface area contributed by atoms with Crippen LogP contribution in [0.1, 0.15) is 23.1 Å². The Labute approximate surface area is 204 Å². The number of nitriles is 1. The van der Waals surface area contributed by atoms with Gasteiger partial charge in [0, 0.05) is 6.54 Å². The van der Waals surface area contributed by atoms with Gasteiger partial charge in [-0.3, -0.25) is 9.59 Å². The summed E-state index contributed by atoms with van der Waals surface area (Å²) in [6.45, 7) is 0.725. The fourth-order valence-electron chi connectivity index (χ4n) is 3.84. The highest BCUT2D eigenvalue weighted by atomic mass is 32.2. The predicted octanol–water partition coefficient (Wildman–Crippen LogP) is 0.334. The van der Waals surface area contributed by atoms with Gasteiger partial charge in [-0.25, -0.2) is 8.42 Å². The molecule has 2 aromatic rings. The molecule has 2 fully saturated rings. The molecule has 4 rings (SSSR count). The van der Waals surface area contributed by atoms with E-state index in [2.05, 4.69) is 16.7 Å². The lowest BCUT2D eigenvalue weighted by Gasteiger charge is -2.13. The molecule has 1 heterocycles. The zero-order chi connectivity index (χ0) is 25.4. The van der Waals surface area contributed by atoms with Gasteiger partial charge in [-0.1, -0.05) is 42.5 Å². The largest absolute Gasteiger partial charge is 0.480 e. The van der Waals surface area contributed by atoms with E-state index in [1.807, 2.05) is 16.9 Å². The normalized spacial score (nSPS) is 21.0. The van der Waals surface area contributed by atoms with Crippen LogP contribution in [0.15, 0.2) is 54.6 Å². The van der Waals surface area contributed by atoms with Crippen LogP contribution in [0.3, 0.4) is 0 Å². The van der Waals surface area contributed by atoms with Crippen LogP contribution in [0.25, 0.3) is 0 Å². The Morgan fingerprint density at radius 3 is 2.31 bits per heavy atom. The number of aliphatic carboxylic acids is 1. The molecule has 4 atom stereocenters. The SMILES string of the molecule is N#Cc1ccc(CNC(=O)[C@H]2NCC3CC32)cc1.O=C(O)[C@@H](CO)NS(=O)(=O)Cc1ccccc1. The first kappa shape index (κ1) is 26.3. The molecule has 2 aromatic carbocycles. The van der Waals surface area contributed by atoms with E-state index in [-0.39, 0.29) is 17.7 Å². The van der Waals surface area contributed by atoms with Crippen molar-refractivity contribution in [3.05, 3.63) is 71.3 Å². The van der Waals surface area contributed by atoms with Crippen molar-refractivity contribution in [2.75, 3.05) is 13.2 Å². The molecule has 35 heavy (non-hydrogen) atoms. The fourth-order valence-corrected chi connectivity index (χ4v) is 5.17. The monoisotopic (exact) mass is 500 g/mol. The summed E-state index contributed by atoms with van der Waals surface area (Å²) in [7, 11) is -3.78. The standard InChI is InChI=1S/C14H15N3O.C10H13NO5S/c15-6-9-1-3-10(4-2-9)7-17-14(18)13-12-5-11(12)8-16-13;12-6-9(10(13)14)11-17(15,16)7-8-4-2-1-3-5-8/h1-4,11-13,16H,5,7-8H2,(H,17,18);1-5,9,11-12H,6-7H2,(H,13,14)/t11?,12?,13-;9-/m01/s1. The summed E-state index contributed by atoms with van der Waals surface area (Å²) in [6.07, 6.45) is 1.20. The lowest BCUT2D eigenvalue weighted by atomic mass is 10.1. The van der Waals surface area contributed by atoms with Crippen molar-refractivity contribution in [1.29, 1.82) is 5.26 Å². The summed E-state index contributed by atoms with van der Waals surface area (Å²) in [4.78, 5) is 22.5. The number of nitrogens with one attached hydrogen (secondary N) is 3. The third kappa shape index (κ3) is 7.87. The molecule has 10 nitrogen and oxygen atoms in total. The molecule has 2 unspecified atom stereocenters. The summed E-state index contributed by atoms with van der Waals surface area (Å²) in [5.41, 5.74) is 2.21. The molecule has 2 aliphatic rings. The van der Waals surface area contributed by atoms with Crippen LogP contribution >= 0.6 is 0 Å². The van der Waals surface area contributed by atoms with Gasteiger partial charge in [0.05, 0.1) is 30.0 Å². The number of piperidine rings is 1. The topological polar surface area (TPSA) is 169 Å². The van der Waals surface area contributed by atoms with E-state index in [0.29, 0.717) is 23.6 Å². The zero-order valence-electron chi connectivity index (χ0n) is 18.9. The molecule has 5 N–H and O–H groups in total. The van der Waals surface area contributed by atoms with E-state index in [4.69, 9.17) is 15.5 Å². The van der Waals surface area contributed by atoms with Crippen molar-refractivity contribution in [3.8, 4) is 6.07 Å². The lowest BCUT2D eigenvalue weighted by molar-refractivity contribution is -0.139. The molecule has 11 heteroatoms. The molecule has 1 amide bonds. The summed E-state index contributed by atoms with van der Waals surface area (Å²) in [5, 5.41) is 32.2. The zero-order valence-corrected chi connectivity index (χ0v) is 19.7. The Balaban J connectivity index is 0.000000196. The number of aliphatic hydroxyl groups excluding tert-OH is 1. The van der Waals surface area contributed by atoms with E-state index in [1.54, 1.807) is 42.5 Å². The van der Waals surface area contributed by atoms with Gasteiger partial charge < -0.3 is 20.8 Å². The molecule has 0 bridgehead atoms. The number of aliphatic hydroxyl groups is 1. The number of amides is 1. The van der Waals surface area contributed by atoms with E-state index in [9.17, 15) is 18.0 Å². The maximum Gasteiger partial charge on any atom is 0.324 e. The molecule has 186 valence electrons. The smallest absolute Gasteiger partial charge is 0.324 e.